The molecule has 2 atom stereocenters. The van der Waals surface area contributed by atoms with Gasteiger partial charge in [0.05, 0.1) is 27.6 Å². The van der Waals surface area contributed by atoms with Gasteiger partial charge in [-0.2, -0.15) is 0 Å². The molecule has 2 aliphatic rings. The maximum absolute atomic E-state index is 14.2. The Hall–Kier alpha value is -4.43. The molecule has 6 rings (SSSR count). The Bertz CT molecular complexity index is 1690. The number of amides is 2. The first-order valence-electron chi connectivity index (χ1n) is 13.1. The number of benzene rings is 3. The van der Waals surface area contributed by atoms with E-state index in [2.05, 4.69) is 15.5 Å². The summed E-state index contributed by atoms with van der Waals surface area (Å²) in [4.78, 5) is 41.0. The minimum absolute atomic E-state index is 0.0126. The minimum Gasteiger partial charge on any atom is -0.369 e. The second kappa shape index (κ2) is 10.6. The molecule has 1 aromatic heterocycles. The molecule has 7 nitrogen and oxygen atoms in total. The van der Waals surface area contributed by atoms with Crippen LogP contribution in [0, 0.1) is 11.7 Å². The Labute approximate surface area is 235 Å². The fourth-order valence-electron chi connectivity index (χ4n) is 5.74. The third-order valence-electron chi connectivity index (χ3n) is 7.57. The highest BCUT2D eigenvalue weighted by Crippen LogP contribution is 2.39. The van der Waals surface area contributed by atoms with Gasteiger partial charge in [0.15, 0.2) is 0 Å². The highest BCUT2D eigenvalue weighted by molar-refractivity contribution is 6.34. The average molecular weight is 557 g/mol. The number of pyridine rings is 1. The molecule has 202 valence electrons. The average Bonchev–Trinajstić information content (AvgIpc) is 2.95. The highest BCUT2D eigenvalue weighted by atomic mass is 35.5. The van der Waals surface area contributed by atoms with Crippen LogP contribution in [0.1, 0.15) is 38.7 Å². The van der Waals surface area contributed by atoms with Gasteiger partial charge in [-0.25, -0.2) is 4.39 Å². The molecule has 0 saturated carbocycles. The lowest BCUT2D eigenvalue weighted by molar-refractivity contribution is 0.101. The number of nitrogens with one attached hydrogen (secondary N) is 2. The minimum atomic E-state index is -0.543. The molecule has 2 unspecified atom stereocenters. The number of fused-ring (bicyclic) bond motifs is 4. The number of carbonyl (C=O) groups excluding carboxylic acids is 2. The van der Waals surface area contributed by atoms with E-state index in [1.165, 1.54) is 12.1 Å². The van der Waals surface area contributed by atoms with E-state index in [0.29, 0.717) is 35.9 Å². The molecule has 4 aromatic rings. The van der Waals surface area contributed by atoms with Crippen molar-refractivity contribution in [3.05, 3.63) is 123 Å². The van der Waals surface area contributed by atoms with Crippen LogP contribution in [0.3, 0.4) is 0 Å². The number of hydrogen-bond donors (Lipinski definition) is 2. The number of aromatic nitrogens is 1. The van der Waals surface area contributed by atoms with E-state index in [4.69, 9.17) is 11.6 Å². The summed E-state index contributed by atoms with van der Waals surface area (Å²) in [6, 6.07) is 23.1. The van der Waals surface area contributed by atoms with Gasteiger partial charge in [0.2, 0.25) is 0 Å². The van der Waals surface area contributed by atoms with E-state index in [9.17, 15) is 18.8 Å². The number of nitrogens with zero attached hydrogens (tertiary/aromatic N) is 2. The molecule has 0 aliphatic carbocycles. The van der Waals surface area contributed by atoms with Gasteiger partial charge in [0, 0.05) is 42.9 Å². The molecule has 40 heavy (non-hydrogen) atoms. The smallest absolute Gasteiger partial charge is 0.257 e. The Morgan fingerprint density at radius 3 is 2.42 bits per heavy atom. The molecular weight excluding hydrogens is 531 g/mol. The lowest BCUT2D eigenvalue weighted by atomic mass is 9.83. The fraction of sp³-hybridized carbons (Fsp3) is 0.194. The van der Waals surface area contributed by atoms with Gasteiger partial charge in [-0.1, -0.05) is 41.9 Å². The summed E-state index contributed by atoms with van der Waals surface area (Å²) in [7, 11) is 0. The standard InChI is InChI=1S/C31H26ClFN4O3/c32-23-7-2-1-6-22(23)31(40)35-26-15-20(30(39)34-25-9-4-3-8-24(25)33)12-13-28(26)36-16-19-14-21(18-36)27-10-5-11-29(38)37(27)17-19/h1-13,15,19,21H,14,16-18H2,(H,34,39)(H,35,40). The highest BCUT2D eigenvalue weighted by Gasteiger charge is 2.35. The number of hydrogen-bond acceptors (Lipinski definition) is 4. The zero-order valence-corrected chi connectivity index (χ0v) is 22.2. The second-order valence-electron chi connectivity index (χ2n) is 10.2. The van der Waals surface area contributed by atoms with Crippen molar-refractivity contribution in [3.63, 3.8) is 0 Å². The van der Waals surface area contributed by atoms with Crippen LogP contribution in [0.5, 0.6) is 0 Å². The van der Waals surface area contributed by atoms with Gasteiger partial charge >= 0.3 is 0 Å². The molecule has 9 heteroatoms. The van der Waals surface area contributed by atoms with E-state index in [0.717, 1.165) is 17.8 Å². The van der Waals surface area contributed by atoms with Gasteiger partial charge in [0.25, 0.3) is 17.4 Å². The number of anilines is 3. The van der Waals surface area contributed by atoms with Crippen LogP contribution in [-0.4, -0.2) is 29.5 Å². The first-order valence-corrected chi connectivity index (χ1v) is 13.5. The molecule has 2 bridgehead atoms. The molecule has 1 fully saturated rings. The maximum atomic E-state index is 14.2. The van der Waals surface area contributed by atoms with Gasteiger partial charge in [0.1, 0.15) is 5.82 Å². The van der Waals surface area contributed by atoms with Crippen LogP contribution in [0.15, 0.2) is 89.7 Å². The molecule has 0 radical (unpaired) electrons. The lowest BCUT2D eigenvalue weighted by Gasteiger charge is -2.44. The second-order valence-corrected chi connectivity index (χ2v) is 10.6. The zero-order chi connectivity index (χ0) is 27.8. The summed E-state index contributed by atoms with van der Waals surface area (Å²) in [6.45, 7) is 1.97. The maximum Gasteiger partial charge on any atom is 0.257 e. The van der Waals surface area contributed by atoms with Crippen LogP contribution < -0.4 is 21.1 Å². The van der Waals surface area contributed by atoms with Crippen molar-refractivity contribution in [1.29, 1.82) is 0 Å². The summed E-state index contributed by atoms with van der Waals surface area (Å²) in [5, 5.41) is 5.87. The number of rotatable bonds is 5. The molecule has 2 aliphatic heterocycles. The summed E-state index contributed by atoms with van der Waals surface area (Å²) < 4.78 is 16.0. The Morgan fingerprint density at radius 2 is 1.60 bits per heavy atom. The third-order valence-corrected chi connectivity index (χ3v) is 7.90. The van der Waals surface area contributed by atoms with Crippen molar-refractivity contribution in [2.75, 3.05) is 28.6 Å². The number of piperidine rings is 1. The summed E-state index contributed by atoms with van der Waals surface area (Å²) in [6.07, 6.45) is 0.977. The Morgan fingerprint density at radius 1 is 0.825 bits per heavy atom. The largest absolute Gasteiger partial charge is 0.369 e. The lowest BCUT2D eigenvalue weighted by Crippen LogP contribution is -2.47. The van der Waals surface area contributed by atoms with Crippen molar-refractivity contribution in [1.82, 2.24) is 4.57 Å². The molecule has 3 aromatic carbocycles. The SMILES string of the molecule is O=C(Nc1ccccc1F)c1ccc(N2CC3CC(C2)c2cccc(=O)n2C3)c(NC(=O)c2ccccc2Cl)c1. The van der Waals surface area contributed by atoms with Crippen molar-refractivity contribution in [2.24, 2.45) is 5.92 Å². The number of carbonyl (C=O) groups is 2. The Balaban J connectivity index is 1.34. The van der Waals surface area contributed by atoms with Crippen LogP contribution in [0.25, 0.3) is 0 Å². The first kappa shape index (κ1) is 25.8. The molecule has 2 N–H and O–H groups in total. The van der Waals surface area contributed by atoms with E-state index in [1.54, 1.807) is 66.7 Å². The number of halogens is 2. The monoisotopic (exact) mass is 556 g/mol. The third kappa shape index (κ3) is 4.98. The van der Waals surface area contributed by atoms with E-state index in [-0.39, 0.29) is 28.6 Å². The van der Waals surface area contributed by atoms with Crippen LogP contribution >= 0.6 is 11.6 Å². The molecular formula is C31H26ClFN4O3. The van der Waals surface area contributed by atoms with E-state index in [1.807, 2.05) is 10.6 Å². The first-order chi connectivity index (χ1) is 19.4. The molecule has 2 amide bonds. The van der Waals surface area contributed by atoms with Crippen molar-refractivity contribution in [3.8, 4) is 0 Å². The normalized spacial score (nSPS) is 17.6. The topological polar surface area (TPSA) is 83.4 Å². The predicted molar refractivity (Wildman–Crippen MR) is 154 cm³/mol. The predicted octanol–water partition coefficient (Wildman–Crippen LogP) is 5.77. The van der Waals surface area contributed by atoms with E-state index < -0.39 is 17.6 Å². The zero-order valence-electron chi connectivity index (χ0n) is 21.4. The van der Waals surface area contributed by atoms with Crippen LogP contribution in [-0.2, 0) is 6.54 Å². The molecule has 1 saturated heterocycles. The molecule has 0 spiro atoms. The fourth-order valence-corrected chi connectivity index (χ4v) is 5.96. The molecule has 3 heterocycles. The number of para-hydroxylation sites is 1. The van der Waals surface area contributed by atoms with Crippen LogP contribution in [0.4, 0.5) is 21.5 Å². The van der Waals surface area contributed by atoms with Crippen molar-refractivity contribution < 1.29 is 14.0 Å². The Kier molecular flexibility index (Phi) is 6.86. The summed E-state index contributed by atoms with van der Waals surface area (Å²) >= 11 is 6.29. The van der Waals surface area contributed by atoms with Gasteiger partial charge in [-0.3, -0.25) is 14.4 Å². The van der Waals surface area contributed by atoms with Gasteiger partial charge in [-0.15, -0.1) is 0 Å². The van der Waals surface area contributed by atoms with E-state index >= 15 is 0 Å². The van der Waals surface area contributed by atoms with Gasteiger partial charge in [-0.05, 0) is 60.9 Å². The van der Waals surface area contributed by atoms with Gasteiger partial charge < -0.3 is 20.1 Å². The summed E-state index contributed by atoms with van der Waals surface area (Å²) in [5.74, 6) is -1.06. The summed E-state index contributed by atoms with van der Waals surface area (Å²) in [5.41, 5.74) is 2.85. The van der Waals surface area contributed by atoms with Crippen molar-refractivity contribution >= 4 is 40.5 Å². The van der Waals surface area contributed by atoms with Crippen molar-refractivity contribution in [2.45, 2.75) is 18.9 Å². The van der Waals surface area contributed by atoms with Crippen LogP contribution in [0.2, 0.25) is 5.02 Å². The quantitative estimate of drug-likeness (QED) is 0.327.